The topological polar surface area (TPSA) is 83.7 Å². The molecule has 1 heterocycles. The van der Waals surface area contributed by atoms with Crippen LogP contribution in [0.2, 0.25) is 0 Å². The van der Waals surface area contributed by atoms with Crippen LogP contribution in [-0.2, 0) is 14.4 Å². The fraction of sp³-hybridized carbons (Fsp3) is 0.353. The lowest BCUT2D eigenvalue weighted by Crippen LogP contribution is -2.40. The molecular weight excluding hydrogens is 294 g/mol. The molecule has 6 heteroatoms. The van der Waals surface area contributed by atoms with Crippen LogP contribution in [-0.4, -0.2) is 54.2 Å². The molecule has 6 nitrogen and oxygen atoms in total. The van der Waals surface area contributed by atoms with Gasteiger partial charge >= 0.3 is 0 Å². The van der Waals surface area contributed by atoms with Crippen molar-refractivity contribution in [3.05, 3.63) is 48.6 Å². The minimum Gasteiger partial charge on any atom is -0.369 e. The second-order valence-corrected chi connectivity index (χ2v) is 5.72. The molecule has 0 radical (unpaired) electrons. The van der Waals surface area contributed by atoms with Gasteiger partial charge in [0.2, 0.25) is 17.7 Å². The zero-order chi connectivity index (χ0) is 17.0. The summed E-state index contributed by atoms with van der Waals surface area (Å²) in [7, 11) is 1.54. The van der Waals surface area contributed by atoms with Gasteiger partial charge in [0.25, 0.3) is 0 Å². The number of carbonyl (C=O) groups is 3. The van der Waals surface area contributed by atoms with Crippen LogP contribution in [0, 0.1) is 5.92 Å². The van der Waals surface area contributed by atoms with Crippen molar-refractivity contribution >= 4 is 17.7 Å². The number of benzene rings is 1. The molecule has 0 bridgehead atoms. The average molecular weight is 315 g/mol. The molecule has 3 amide bonds. The Morgan fingerprint density at radius 1 is 1.30 bits per heavy atom. The van der Waals surface area contributed by atoms with E-state index in [9.17, 15) is 14.4 Å². The van der Waals surface area contributed by atoms with E-state index in [4.69, 9.17) is 5.73 Å². The first-order chi connectivity index (χ1) is 10.9. The molecule has 1 aliphatic heterocycles. The van der Waals surface area contributed by atoms with E-state index in [2.05, 4.69) is 6.58 Å². The molecule has 0 aromatic heterocycles. The van der Waals surface area contributed by atoms with Crippen molar-refractivity contribution in [2.75, 3.05) is 26.7 Å². The van der Waals surface area contributed by atoms with E-state index in [1.807, 2.05) is 30.3 Å². The predicted octanol–water partition coefficient (Wildman–Crippen LogP) is 0.358. The van der Waals surface area contributed by atoms with Crippen LogP contribution in [0.4, 0.5) is 0 Å². The van der Waals surface area contributed by atoms with Gasteiger partial charge < -0.3 is 15.5 Å². The molecule has 122 valence electrons. The molecule has 0 unspecified atom stereocenters. The van der Waals surface area contributed by atoms with Gasteiger partial charge in [-0.05, 0) is 11.6 Å². The second kappa shape index (κ2) is 7.09. The highest BCUT2D eigenvalue weighted by Gasteiger charge is 2.39. The van der Waals surface area contributed by atoms with Crippen LogP contribution in [0.3, 0.4) is 0 Å². The smallest absolute Gasteiger partial charge is 0.246 e. The third-order valence-corrected chi connectivity index (χ3v) is 4.19. The molecule has 1 aromatic carbocycles. The summed E-state index contributed by atoms with van der Waals surface area (Å²) in [6.07, 6.45) is 1.16. The van der Waals surface area contributed by atoms with Gasteiger partial charge in [-0.3, -0.25) is 14.4 Å². The highest BCUT2D eigenvalue weighted by atomic mass is 16.2. The summed E-state index contributed by atoms with van der Waals surface area (Å²) < 4.78 is 0. The number of likely N-dealkylation sites (N-methyl/N-ethyl adjacent to an activating group) is 1. The molecule has 1 aromatic rings. The summed E-state index contributed by atoms with van der Waals surface area (Å²) in [5, 5.41) is 0. The maximum absolute atomic E-state index is 12.4. The number of carbonyl (C=O) groups excluding carboxylic acids is 3. The maximum atomic E-state index is 12.4. The van der Waals surface area contributed by atoms with Gasteiger partial charge in [0.1, 0.15) is 0 Å². The van der Waals surface area contributed by atoms with Gasteiger partial charge in [-0.1, -0.05) is 36.9 Å². The van der Waals surface area contributed by atoms with Crippen LogP contribution in [0.15, 0.2) is 43.0 Å². The number of amides is 3. The molecule has 23 heavy (non-hydrogen) atoms. The third-order valence-electron chi connectivity index (χ3n) is 4.19. The van der Waals surface area contributed by atoms with E-state index >= 15 is 0 Å². The van der Waals surface area contributed by atoms with E-state index in [0.717, 1.165) is 11.6 Å². The lowest BCUT2D eigenvalue weighted by atomic mass is 9.89. The SMILES string of the molecule is C=CC(=O)N(C)CC(=O)N1C[C@H](C(N)=O)[C@@H](c2ccccc2)C1. The molecule has 2 atom stereocenters. The monoisotopic (exact) mass is 315 g/mol. The fourth-order valence-corrected chi connectivity index (χ4v) is 2.87. The average Bonchev–Trinajstić information content (AvgIpc) is 3.00. The van der Waals surface area contributed by atoms with Gasteiger partial charge in [-0.25, -0.2) is 0 Å². The summed E-state index contributed by atoms with van der Waals surface area (Å²) in [5.74, 6) is -1.46. The van der Waals surface area contributed by atoms with Crippen LogP contribution >= 0.6 is 0 Å². The molecule has 0 aliphatic carbocycles. The summed E-state index contributed by atoms with van der Waals surface area (Å²) in [4.78, 5) is 38.5. The first kappa shape index (κ1) is 16.7. The molecule has 1 saturated heterocycles. The Hall–Kier alpha value is -2.63. The minimum atomic E-state index is -0.415. The van der Waals surface area contributed by atoms with Crippen molar-refractivity contribution in [1.82, 2.24) is 9.80 Å². The van der Waals surface area contributed by atoms with Crippen molar-refractivity contribution in [2.45, 2.75) is 5.92 Å². The molecule has 2 N–H and O–H groups in total. The van der Waals surface area contributed by atoms with E-state index in [1.165, 1.54) is 11.9 Å². The number of likely N-dealkylation sites (tertiary alicyclic amines) is 1. The van der Waals surface area contributed by atoms with E-state index in [1.54, 1.807) is 4.90 Å². The summed E-state index contributed by atoms with van der Waals surface area (Å²) in [6, 6.07) is 9.56. The number of hydrogen-bond donors (Lipinski definition) is 1. The number of primary amides is 1. The molecule has 0 spiro atoms. The molecule has 1 aliphatic rings. The number of hydrogen-bond acceptors (Lipinski definition) is 3. The Morgan fingerprint density at radius 3 is 2.52 bits per heavy atom. The Morgan fingerprint density at radius 2 is 1.96 bits per heavy atom. The van der Waals surface area contributed by atoms with Gasteiger partial charge in [-0.15, -0.1) is 0 Å². The quantitative estimate of drug-likeness (QED) is 0.796. The van der Waals surface area contributed by atoms with E-state index in [-0.39, 0.29) is 30.8 Å². The van der Waals surface area contributed by atoms with Gasteiger partial charge in [0.15, 0.2) is 0 Å². The van der Waals surface area contributed by atoms with Crippen molar-refractivity contribution in [3.63, 3.8) is 0 Å². The molecule has 0 saturated carbocycles. The number of nitrogens with zero attached hydrogens (tertiary/aromatic N) is 2. The van der Waals surface area contributed by atoms with E-state index < -0.39 is 11.8 Å². The van der Waals surface area contributed by atoms with Crippen LogP contribution in [0.25, 0.3) is 0 Å². The zero-order valence-electron chi connectivity index (χ0n) is 13.1. The first-order valence-electron chi connectivity index (χ1n) is 7.43. The van der Waals surface area contributed by atoms with Gasteiger partial charge in [0.05, 0.1) is 12.5 Å². The lowest BCUT2D eigenvalue weighted by molar-refractivity contribution is -0.136. The Bertz CT molecular complexity index is 615. The highest BCUT2D eigenvalue weighted by Crippen LogP contribution is 2.32. The molecule has 1 fully saturated rings. The Kier molecular flexibility index (Phi) is 5.16. The number of rotatable bonds is 5. The molecule has 2 rings (SSSR count). The van der Waals surface area contributed by atoms with Crippen molar-refractivity contribution in [3.8, 4) is 0 Å². The largest absolute Gasteiger partial charge is 0.369 e. The molecular formula is C17H21N3O3. The fourth-order valence-electron chi connectivity index (χ4n) is 2.87. The normalized spacial score (nSPS) is 20.1. The minimum absolute atomic E-state index is 0.0438. The van der Waals surface area contributed by atoms with E-state index in [0.29, 0.717) is 6.54 Å². The van der Waals surface area contributed by atoms with Crippen molar-refractivity contribution in [2.24, 2.45) is 11.7 Å². The zero-order valence-corrected chi connectivity index (χ0v) is 13.1. The third kappa shape index (κ3) is 3.77. The maximum Gasteiger partial charge on any atom is 0.246 e. The highest BCUT2D eigenvalue weighted by molar-refractivity contribution is 5.91. The van der Waals surface area contributed by atoms with Crippen LogP contribution in [0.5, 0.6) is 0 Å². The standard InChI is InChI=1S/C17H21N3O3/c1-3-15(21)19(2)11-16(22)20-9-13(14(10-20)17(18)23)12-7-5-4-6-8-12/h3-8,13-14H,1,9-11H2,2H3,(H2,18,23)/t13-,14+/m1/s1. The van der Waals surface area contributed by atoms with Gasteiger partial charge in [-0.2, -0.15) is 0 Å². The van der Waals surface area contributed by atoms with Crippen LogP contribution < -0.4 is 5.73 Å². The van der Waals surface area contributed by atoms with Crippen molar-refractivity contribution in [1.29, 1.82) is 0 Å². The Balaban J connectivity index is 2.11. The lowest BCUT2D eigenvalue weighted by Gasteiger charge is -2.21. The summed E-state index contributed by atoms with van der Waals surface area (Å²) in [6.45, 7) is 4.06. The summed E-state index contributed by atoms with van der Waals surface area (Å²) in [5.41, 5.74) is 6.49. The Labute approximate surface area is 135 Å². The van der Waals surface area contributed by atoms with Crippen molar-refractivity contribution < 1.29 is 14.4 Å². The van der Waals surface area contributed by atoms with Gasteiger partial charge in [0, 0.05) is 26.1 Å². The second-order valence-electron chi connectivity index (χ2n) is 5.72. The number of nitrogens with two attached hydrogens (primary N) is 1. The first-order valence-corrected chi connectivity index (χ1v) is 7.43. The van der Waals surface area contributed by atoms with Crippen LogP contribution in [0.1, 0.15) is 11.5 Å². The summed E-state index contributed by atoms with van der Waals surface area (Å²) >= 11 is 0. The predicted molar refractivity (Wildman–Crippen MR) is 86.3 cm³/mol.